The van der Waals surface area contributed by atoms with Crippen molar-refractivity contribution in [3.63, 3.8) is 0 Å². The number of carbonyl (C=O) groups excluding carboxylic acids is 1. The van der Waals surface area contributed by atoms with E-state index in [1.165, 1.54) is 52.1 Å². The highest BCUT2D eigenvalue weighted by atomic mass is 35.5. The molecule has 1 rings (SSSR count). The van der Waals surface area contributed by atoms with E-state index in [9.17, 15) is 4.79 Å². The second kappa shape index (κ2) is 11.6. The smallest absolute Gasteiger partial charge is 0.354 e. The lowest BCUT2D eigenvalue weighted by atomic mass is 10.0. The Hall–Kier alpha value is -0.960. The molecule has 132 valence electrons. The lowest BCUT2D eigenvalue weighted by Crippen LogP contribution is -2.11. The van der Waals surface area contributed by atoms with Crippen LogP contribution in [0.2, 0.25) is 0 Å². The minimum Gasteiger partial charge on any atom is -0.464 e. The predicted octanol–water partition coefficient (Wildman–Crippen LogP) is 5.49. The van der Waals surface area contributed by atoms with Gasteiger partial charge in [0, 0.05) is 18.6 Å². The Morgan fingerprint density at radius 1 is 1.17 bits per heavy atom. The summed E-state index contributed by atoms with van der Waals surface area (Å²) in [5.41, 5.74) is 1.68. The fourth-order valence-corrected chi connectivity index (χ4v) is 3.20. The molecule has 1 atom stereocenters. The Bertz CT molecular complexity index is 456. The molecule has 1 aromatic heterocycles. The third-order valence-corrected chi connectivity index (χ3v) is 4.82. The van der Waals surface area contributed by atoms with Gasteiger partial charge in [-0.3, -0.25) is 0 Å². The highest BCUT2D eigenvalue weighted by Gasteiger charge is 2.16. The minimum atomic E-state index is -0.272. The van der Waals surface area contributed by atoms with E-state index >= 15 is 0 Å². The maximum atomic E-state index is 11.8. The van der Waals surface area contributed by atoms with Crippen molar-refractivity contribution in [1.82, 2.24) is 4.57 Å². The molecule has 0 aliphatic carbocycles. The Morgan fingerprint density at radius 2 is 1.83 bits per heavy atom. The molecule has 0 aliphatic rings. The average molecular weight is 342 g/mol. The van der Waals surface area contributed by atoms with Crippen molar-refractivity contribution >= 4 is 17.6 Å². The van der Waals surface area contributed by atoms with Gasteiger partial charge in [-0.2, -0.15) is 0 Å². The van der Waals surface area contributed by atoms with Crippen LogP contribution in [0.3, 0.4) is 0 Å². The lowest BCUT2D eigenvalue weighted by molar-refractivity contribution is 0.0588. The zero-order valence-corrected chi connectivity index (χ0v) is 15.7. The first-order valence-electron chi connectivity index (χ1n) is 8.96. The molecule has 0 radical (unpaired) electrons. The third-order valence-electron chi connectivity index (χ3n) is 4.38. The fourth-order valence-electron chi connectivity index (χ4n) is 2.93. The average Bonchev–Trinajstić information content (AvgIpc) is 2.92. The maximum Gasteiger partial charge on any atom is 0.354 e. The van der Waals surface area contributed by atoms with Gasteiger partial charge in [0.1, 0.15) is 5.69 Å². The zero-order valence-electron chi connectivity index (χ0n) is 14.9. The molecular weight excluding hydrogens is 310 g/mol. The van der Waals surface area contributed by atoms with Crippen LogP contribution >= 0.6 is 11.6 Å². The Kier molecular flexibility index (Phi) is 10.1. The van der Waals surface area contributed by atoms with E-state index in [0.717, 1.165) is 24.8 Å². The molecule has 1 heterocycles. The molecule has 1 unspecified atom stereocenters. The van der Waals surface area contributed by atoms with E-state index in [1.54, 1.807) is 0 Å². The molecule has 0 N–H and O–H groups in total. The molecular formula is C19H32ClNO2. The number of carbonyl (C=O) groups is 1. The molecule has 0 saturated carbocycles. The first-order chi connectivity index (χ1) is 11.1. The maximum absolute atomic E-state index is 11.8. The number of nitrogens with zero attached hydrogens (tertiary/aromatic N) is 1. The molecule has 4 heteroatoms. The molecule has 0 aromatic carbocycles. The van der Waals surface area contributed by atoms with Gasteiger partial charge in [-0.25, -0.2) is 4.79 Å². The highest BCUT2D eigenvalue weighted by molar-refractivity contribution is 6.20. The van der Waals surface area contributed by atoms with Gasteiger partial charge in [-0.15, -0.1) is 11.6 Å². The summed E-state index contributed by atoms with van der Waals surface area (Å²) >= 11 is 6.44. The number of hydrogen-bond acceptors (Lipinski definition) is 2. The van der Waals surface area contributed by atoms with Crippen LogP contribution in [-0.2, 0) is 18.2 Å². The number of rotatable bonds is 12. The first kappa shape index (κ1) is 20.1. The predicted molar refractivity (Wildman–Crippen MR) is 97.3 cm³/mol. The standard InChI is InChI=1S/C19H32ClNO2/c1-4-5-6-7-8-9-10-11-17(20)13-12-16-14-15-21(2)18(16)19(22)23-3/h14-15,17H,4-13H2,1-3H3. The number of unbranched alkanes of at least 4 members (excludes halogenated alkanes) is 6. The summed E-state index contributed by atoms with van der Waals surface area (Å²) in [6, 6.07) is 1.99. The van der Waals surface area contributed by atoms with Gasteiger partial charge in [0.2, 0.25) is 0 Å². The Labute approximate surface area is 146 Å². The number of alkyl halides is 1. The summed E-state index contributed by atoms with van der Waals surface area (Å²) in [5, 5.41) is 0.191. The summed E-state index contributed by atoms with van der Waals surface area (Å²) in [5.74, 6) is -0.272. The van der Waals surface area contributed by atoms with E-state index in [-0.39, 0.29) is 11.3 Å². The zero-order chi connectivity index (χ0) is 17.1. The Balaban J connectivity index is 2.24. The first-order valence-corrected chi connectivity index (χ1v) is 9.40. The second-order valence-corrected chi connectivity index (χ2v) is 6.96. The van der Waals surface area contributed by atoms with Crippen LogP contribution in [0, 0.1) is 0 Å². The topological polar surface area (TPSA) is 31.2 Å². The van der Waals surface area contributed by atoms with Crippen LogP contribution < -0.4 is 0 Å². The van der Waals surface area contributed by atoms with Gasteiger partial charge >= 0.3 is 5.97 Å². The molecule has 3 nitrogen and oxygen atoms in total. The quantitative estimate of drug-likeness (QED) is 0.286. The molecule has 1 aromatic rings. The molecule has 0 bridgehead atoms. The van der Waals surface area contributed by atoms with Gasteiger partial charge < -0.3 is 9.30 Å². The van der Waals surface area contributed by atoms with Gasteiger partial charge in [0.15, 0.2) is 0 Å². The number of ether oxygens (including phenoxy) is 1. The van der Waals surface area contributed by atoms with Crippen LogP contribution in [0.4, 0.5) is 0 Å². The number of hydrogen-bond donors (Lipinski definition) is 0. The summed E-state index contributed by atoms with van der Waals surface area (Å²) in [6.45, 7) is 2.25. The van der Waals surface area contributed by atoms with Crippen LogP contribution in [0.15, 0.2) is 12.3 Å². The van der Waals surface area contributed by atoms with Crippen molar-refractivity contribution < 1.29 is 9.53 Å². The van der Waals surface area contributed by atoms with Crippen LogP contribution in [0.25, 0.3) is 0 Å². The number of halogens is 1. The van der Waals surface area contributed by atoms with Gasteiger partial charge in [-0.05, 0) is 30.9 Å². The van der Waals surface area contributed by atoms with E-state index in [1.807, 2.05) is 23.9 Å². The van der Waals surface area contributed by atoms with E-state index in [4.69, 9.17) is 16.3 Å². The molecule has 0 spiro atoms. The Morgan fingerprint density at radius 3 is 2.48 bits per heavy atom. The fraction of sp³-hybridized carbons (Fsp3) is 0.737. The van der Waals surface area contributed by atoms with Crippen LogP contribution in [0.1, 0.15) is 80.8 Å². The van der Waals surface area contributed by atoms with Crippen LogP contribution in [0.5, 0.6) is 0 Å². The largest absolute Gasteiger partial charge is 0.464 e. The van der Waals surface area contributed by atoms with Gasteiger partial charge in [-0.1, -0.05) is 51.9 Å². The SMILES string of the molecule is CCCCCCCCCC(Cl)CCc1ccn(C)c1C(=O)OC. The molecule has 0 fully saturated rings. The second-order valence-electron chi connectivity index (χ2n) is 6.34. The summed E-state index contributed by atoms with van der Waals surface area (Å²) in [4.78, 5) is 11.8. The van der Waals surface area contributed by atoms with Crippen molar-refractivity contribution in [2.45, 2.75) is 76.5 Å². The summed E-state index contributed by atoms with van der Waals surface area (Å²) in [7, 11) is 3.29. The van der Waals surface area contributed by atoms with Crippen molar-refractivity contribution in [2.75, 3.05) is 7.11 Å². The molecule has 0 amide bonds. The van der Waals surface area contributed by atoms with Crippen LogP contribution in [-0.4, -0.2) is 23.0 Å². The van der Waals surface area contributed by atoms with E-state index in [0.29, 0.717) is 5.69 Å². The van der Waals surface area contributed by atoms with Crippen molar-refractivity contribution in [1.29, 1.82) is 0 Å². The lowest BCUT2D eigenvalue weighted by Gasteiger charge is -2.10. The third kappa shape index (κ3) is 7.43. The van der Waals surface area contributed by atoms with Crippen molar-refractivity contribution in [3.8, 4) is 0 Å². The normalized spacial score (nSPS) is 12.3. The van der Waals surface area contributed by atoms with E-state index in [2.05, 4.69) is 6.92 Å². The van der Waals surface area contributed by atoms with Crippen molar-refractivity contribution in [3.05, 3.63) is 23.5 Å². The monoisotopic (exact) mass is 341 g/mol. The van der Waals surface area contributed by atoms with Gasteiger partial charge in [0.05, 0.1) is 7.11 Å². The number of aromatic nitrogens is 1. The minimum absolute atomic E-state index is 0.191. The highest BCUT2D eigenvalue weighted by Crippen LogP contribution is 2.19. The van der Waals surface area contributed by atoms with E-state index < -0.39 is 0 Å². The van der Waals surface area contributed by atoms with Crippen molar-refractivity contribution in [2.24, 2.45) is 7.05 Å². The number of aryl methyl sites for hydroxylation is 2. The molecule has 0 aliphatic heterocycles. The number of esters is 1. The molecule has 23 heavy (non-hydrogen) atoms. The summed E-state index contributed by atoms with van der Waals surface area (Å²) in [6.07, 6.45) is 13.9. The molecule has 0 saturated heterocycles. The number of methoxy groups -OCH3 is 1. The summed E-state index contributed by atoms with van der Waals surface area (Å²) < 4.78 is 6.67. The van der Waals surface area contributed by atoms with Gasteiger partial charge in [0.25, 0.3) is 0 Å².